The molecule has 0 unspecified atom stereocenters. The van der Waals surface area contributed by atoms with Crippen LogP contribution in [-0.4, -0.2) is 16.7 Å². The molecule has 0 bridgehead atoms. The van der Waals surface area contributed by atoms with E-state index in [0.717, 1.165) is 0 Å². The Morgan fingerprint density at radius 2 is 1.62 bits per heavy atom. The van der Waals surface area contributed by atoms with Crippen LogP contribution in [0.3, 0.4) is 0 Å². The number of carbonyl (C=O) groups is 2. The summed E-state index contributed by atoms with van der Waals surface area (Å²) in [5.41, 5.74) is 0.966. The molecule has 0 spiro atoms. The summed E-state index contributed by atoms with van der Waals surface area (Å²) < 4.78 is 0. The van der Waals surface area contributed by atoms with E-state index in [-0.39, 0.29) is 5.57 Å². The van der Waals surface area contributed by atoms with Gasteiger partial charge in [0.2, 0.25) is 11.6 Å². The highest BCUT2D eigenvalue weighted by molar-refractivity contribution is 6.62. The lowest BCUT2D eigenvalue weighted by atomic mass is 10.1. The Balaban J connectivity index is 2.74. The third-order valence-electron chi connectivity index (χ3n) is 2.04. The van der Waals surface area contributed by atoms with Crippen molar-refractivity contribution in [1.82, 2.24) is 0 Å². The van der Waals surface area contributed by atoms with Crippen molar-refractivity contribution >= 4 is 17.1 Å². The summed E-state index contributed by atoms with van der Waals surface area (Å²) in [4.78, 5) is 22.5. The van der Waals surface area contributed by atoms with E-state index in [0.29, 0.717) is 17.4 Å². The molecule has 13 heavy (non-hydrogen) atoms. The fourth-order valence-electron chi connectivity index (χ4n) is 1.41. The zero-order valence-electron chi connectivity index (χ0n) is 6.65. The van der Waals surface area contributed by atoms with Gasteiger partial charge in [0.05, 0.1) is 11.8 Å². The van der Waals surface area contributed by atoms with Crippen LogP contribution in [0.4, 0.5) is 0 Å². The maximum atomic E-state index is 11.3. The molecule has 1 aromatic carbocycles. The summed E-state index contributed by atoms with van der Waals surface area (Å²) in [6.45, 7) is 0. The number of benzene rings is 1. The smallest absolute Gasteiger partial charge is 0.237 e. The molecule has 0 atom stereocenters. The van der Waals surface area contributed by atoms with Crippen LogP contribution < -0.4 is 0 Å². The van der Waals surface area contributed by atoms with Crippen LogP contribution in [0, 0.1) is 0 Å². The fraction of sp³-hybridized carbons (Fsp3) is 0. The number of aliphatic hydroxyl groups is 1. The molecule has 0 heterocycles. The summed E-state index contributed by atoms with van der Waals surface area (Å²) in [5.74, 6) is -1.18. The van der Waals surface area contributed by atoms with E-state index in [2.05, 4.69) is 0 Å². The van der Waals surface area contributed by atoms with Gasteiger partial charge < -0.3 is 5.11 Å². The minimum Gasteiger partial charge on any atom is -0.515 e. The van der Waals surface area contributed by atoms with E-state index in [1.807, 2.05) is 0 Å². The molecule has 0 saturated carbocycles. The average Bonchev–Trinajstić information content (AvgIpc) is 2.41. The predicted molar refractivity (Wildman–Crippen MR) is 46.4 cm³/mol. The molecule has 2 rings (SSSR count). The third kappa shape index (κ3) is 0.902. The monoisotopic (exact) mass is 174 g/mol. The minimum atomic E-state index is -0.635. The number of rotatable bonds is 0. The molecule has 1 N–H and O–H groups in total. The molecule has 0 amide bonds. The van der Waals surface area contributed by atoms with Crippen LogP contribution in [0.2, 0.25) is 0 Å². The Morgan fingerprint density at radius 1 is 1.00 bits per heavy atom. The highest BCUT2D eigenvalue weighted by Crippen LogP contribution is 2.28. The zero-order chi connectivity index (χ0) is 9.42. The van der Waals surface area contributed by atoms with Gasteiger partial charge in [-0.25, -0.2) is 0 Å². The van der Waals surface area contributed by atoms with Crippen LogP contribution in [0.15, 0.2) is 30.5 Å². The first-order valence-electron chi connectivity index (χ1n) is 3.78. The van der Waals surface area contributed by atoms with Gasteiger partial charge in [-0.2, -0.15) is 0 Å². The quantitative estimate of drug-likeness (QED) is 0.367. The van der Waals surface area contributed by atoms with Gasteiger partial charge in [-0.3, -0.25) is 9.59 Å². The van der Waals surface area contributed by atoms with E-state index >= 15 is 0 Å². The first-order valence-corrected chi connectivity index (χ1v) is 3.78. The summed E-state index contributed by atoms with van der Waals surface area (Å²) in [6.07, 6.45) is 0.687. The van der Waals surface area contributed by atoms with Gasteiger partial charge in [-0.15, -0.1) is 0 Å². The van der Waals surface area contributed by atoms with Crippen molar-refractivity contribution in [1.29, 1.82) is 0 Å². The van der Waals surface area contributed by atoms with Gasteiger partial charge in [0.15, 0.2) is 0 Å². The first-order chi connectivity index (χ1) is 6.25. The Morgan fingerprint density at radius 3 is 2.23 bits per heavy atom. The molecule has 3 nitrogen and oxygen atoms in total. The molecule has 1 aromatic rings. The highest BCUT2D eigenvalue weighted by Gasteiger charge is 2.32. The largest absolute Gasteiger partial charge is 0.515 e. The molecular formula is C10H6O3. The molecule has 64 valence electrons. The minimum absolute atomic E-state index is 0.0839. The molecule has 0 radical (unpaired) electrons. The number of fused-ring (bicyclic) bond motifs is 1. The Hall–Kier alpha value is -1.90. The van der Waals surface area contributed by atoms with Crippen molar-refractivity contribution < 1.29 is 14.7 Å². The molecule has 3 heteroatoms. The second-order valence-electron chi connectivity index (χ2n) is 2.75. The molecule has 0 aliphatic heterocycles. The SMILES string of the molecule is O=C1C(=O)c2ccccc2/C1=C/O. The van der Waals surface area contributed by atoms with E-state index in [1.54, 1.807) is 24.3 Å². The average molecular weight is 174 g/mol. The van der Waals surface area contributed by atoms with Crippen LogP contribution >= 0.6 is 0 Å². The topological polar surface area (TPSA) is 54.4 Å². The third-order valence-corrected chi connectivity index (χ3v) is 2.04. The maximum absolute atomic E-state index is 11.3. The Bertz CT molecular complexity index is 430. The van der Waals surface area contributed by atoms with E-state index < -0.39 is 11.6 Å². The maximum Gasteiger partial charge on any atom is 0.237 e. The molecule has 1 aliphatic carbocycles. The van der Waals surface area contributed by atoms with E-state index in [9.17, 15) is 9.59 Å². The highest BCUT2D eigenvalue weighted by atomic mass is 16.2. The second kappa shape index (κ2) is 2.55. The lowest BCUT2D eigenvalue weighted by Gasteiger charge is -1.93. The van der Waals surface area contributed by atoms with E-state index in [1.165, 1.54) is 0 Å². The summed E-state index contributed by atoms with van der Waals surface area (Å²) >= 11 is 0. The van der Waals surface area contributed by atoms with Gasteiger partial charge >= 0.3 is 0 Å². The van der Waals surface area contributed by atoms with Gasteiger partial charge in [0.1, 0.15) is 0 Å². The van der Waals surface area contributed by atoms with Crippen LogP contribution in [0.25, 0.3) is 5.57 Å². The first kappa shape index (κ1) is 7.73. The number of allylic oxidation sites excluding steroid dienone is 1. The van der Waals surface area contributed by atoms with Crippen LogP contribution in [0.1, 0.15) is 15.9 Å². The number of ketones is 2. The molecule has 0 fully saturated rings. The summed E-state index contributed by atoms with van der Waals surface area (Å²) in [7, 11) is 0. The van der Waals surface area contributed by atoms with Crippen molar-refractivity contribution in [2.45, 2.75) is 0 Å². The number of Topliss-reactive ketones (excluding diaryl/α,β-unsaturated/α-hetero) is 2. The van der Waals surface area contributed by atoms with Crippen LogP contribution in [-0.2, 0) is 4.79 Å². The second-order valence-corrected chi connectivity index (χ2v) is 2.75. The molecule has 1 aliphatic rings. The van der Waals surface area contributed by atoms with Gasteiger partial charge in [0, 0.05) is 11.1 Å². The van der Waals surface area contributed by atoms with Crippen molar-refractivity contribution in [3.8, 4) is 0 Å². The summed E-state index contributed by atoms with van der Waals surface area (Å²) in [5, 5.41) is 8.77. The van der Waals surface area contributed by atoms with E-state index in [4.69, 9.17) is 5.11 Å². The van der Waals surface area contributed by atoms with Gasteiger partial charge in [-0.05, 0) is 0 Å². The molecule has 0 saturated heterocycles. The normalized spacial score (nSPS) is 18.0. The number of carbonyl (C=O) groups excluding carboxylic acids is 2. The lowest BCUT2D eigenvalue weighted by Crippen LogP contribution is -2.05. The number of aliphatic hydroxyl groups excluding tert-OH is 1. The van der Waals surface area contributed by atoms with Crippen LogP contribution in [0.5, 0.6) is 0 Å². The van der Waals surface area contributed by atoms with Crippen molar-refractivity contribution in [3.05, 3.63) is 41.7 Å². The fourth-order valence-corrected chi connectivity index (χ4v) is 1.41. The van der Waals surface area contributed by atoms with Crippen molar-refractivity contribution in [2.24, 2.45) is 0 Å². The lowest BCUT2D eigenvalue weighted by molar-refractivity contribution is -0.109. The van der Waals surface area contributed by atoms with Gasteiger partial charge in [0.25, 0.3) is 0 Å². The standard InChI is InChI=1S/C10H6O3/c11-5-8-6-3-1-2-4-7(6)9(12)10(8)13/h1-5,11H/b8-5-. The van der Waals surface area contributed by atoms with Crippen molar-refractivity contribution in [3.63, 3.8) is 0 Å². The van der Waals surface area contributed by atoms with Gasteiger partial charge in [-0.1, -0.05) is 24.3 Å². The predicted octanol–water partition coefficient (Wildman–Crippen LogP) is 1.35. The number of hydrogen-bond donors (Lipinski definition) is 1. The molecular weight excluding hydrogens is 168 g/mol. The Kier molecular flexibility index (Phi) is 1.52. The Labute approximate surface area is 74.3 Å². The molecule has 0 aromatic heterocycles. The van der Waals surface area contributed by atoms with Crippen molar-refractivity contribution in [2.75, 3.05) is 0 Å². The zero-order valence-corrected chi connectivity index (χ0v) is 6.65. The summed E-state index contributed by atoms with van der Waals surface area (Å²) in [6, 6.07) is 6.62. The number of hydrogen-bond acceptors (Lipinski definition) is 3.